The molecule has 0 radical (unpaired) electrons. The maximum Gasteiger partial charge on any atom is 0.274 e. The Morgan fingerprint density at radius 1 is 0.944 bits per heavy atom. The van der Waals surface area contributed by atoms with Crippen molar-refractivity contribution >= 4 is 11.8 Å². The van der Waals surface area contributed by atoms with Crippen LogP contribution in [0.4, 0.5) is 0 Å². The Morgan fingerprint density at radius 3 is 2.44 bits per heavy atom. The highest BCUT2D eigenvalue weighted by Gasteiger charge is 2.34. The smallest absolute Gasteiger partial charge is 0.274 e. The third kappa shape index (κ3) is 4.36. The molecule has 2 amide bonds. The number of likely N-dealkylation sites (tertiary alicyclic amines) is 1. The molecule has 0 bridgehead atoms. The van der Waals surface area contributed by atoms with Gasteiger partial charge in [0.25, 0.3) is 5.91 Å². The zero-order chi connectivity index (χ0) is 24.8. The molecular weight excluding hydrogens is 452 g/mol. The summed E-state index contributed by atoms with van der Waals surface area (Å²) < 4.78 is 7.64. The highest BCUT2D eigenvalue weighted by molar-refractivity contribution is 5.94. The lowest BCUT2D eigenvalue weighted by molar-refractivity contribution is -0.133. The first-order valence-electron chi connectivity index (χ1n) is 13.9. The van der Waals surface area contributed by atoms with Crippen LogP contribution in [0.5, 0.6) is 0 Å². The summed E-state index contributed by atoms with van der Waals surface area (Å²) in [5.41, 5.74) is 7.32. The Morgan fingerprint density at radius 2 is 1.67 bits per heavy atom. The quantitative estimate of drug-likeness (QED) is 0.658. The van der Waals surface area contributed by atoms with Gasteiger partial charge in [-0.2, -0.15) is 5.10 Å². The molecule has 2 aliphatic heterocycles. The number of ether oxygens (including phenoxy) is 1. The molecule has 0 saturated carbocycles. The predicted octanol–water partition coefficient (Wildman–Crippen LogP) is 3.52. The Kier molecular flexibility index (Phi) is 6.36. The lowest BCUT2D eigenvalue weighted by Crippen LogP contribution is -2.48. The van der Waals surface area contributed by atoms with E-state index in [2.05, 4.69) is 18.2 Å². The van der Waals surface area contributed by atoms with Gasteiger partial charge in [0.1, 0.15) is 6.54 Å². The first-order chi connectivity index (χ1) is 17.5. The normalized spacial score (nSPS) is 24.2. The van der Waals surface area contributed by atoms with Crippen molar-refractivity contribution in [1.29, 1.82) is 0 Å². The van der Waals surface area contributed by atoms with Gasteiger partial charge in [-0.25, -0.2) is 0 Å². The summed E-state index contributed by atoms with van der Waals surface area (Å²) in [5, 5.41) is 4.73. The number of amides is 2. The van der Waals surface area contributed by atoms with Crippen molar-refractivity contribution in [3.8, 4) is 0 Å². The van der Waals surface area contributed by atoms with Crippen LogP contribution in [-0.2, 0) is 41.8 Å². The van der Waals surface area contributed by atoms with Gasteiger partial charge < -0.3 is 14.5 Å². The molecule has 2 aliphatic carbocycles. The molecule has 1 aromatic carbocycles. The molecule has 3 heterocycles. The third-order valence-electron chi connectivity index (χ3n) is 8.67. The molecule has 192 valence electrons. The van der Waals surface area contributed by atoms with E-state index < -0.39 is 0 Å². The standard InChI is InChI=1S/C29H38N4O3/c1-19-16-32(17-20(2)36-19)29(35)28-25-10-5-11-26(25)33(30-28)18-27(34)31-14-12-22(13-15-31)24-9-4-7-21-6-3-8-23(21)24/h4,7,9,19-20,22H,3,5-6,8,10-18H2,1-2H3/t19-,20+. The fraction of sp³-hybridized carbons (Fsp3) is 0.621. The number of aromatic nitrogens is 2. The number of carbonyl (C=O) groups is 2. The molecule has 0 spiro atoms. The number of piperidine rings is 1. The van der Waals surface area contributed by atoms with E-state index in [1.165, 1.54) is 30.4 Å². The maximum atomic E-state index is 13.4. The van der Waals surface area contributed by atoms with Gasteiger partial charge in [-0.1, -0.05) is 18.2 Å². The van der Waals surface area contributed by atoms with Crippen LogP contribution >= 0.6 is 0 Å². The van der Waals surface area contributed by atoms with Gasteiger partial charge in [-0.05, 0) is 87.8 Å². The summed E-state index contributed by atoms with van der Waals surface area (Å²) in [7, 11) is 0. The van der Waals surface area contributed by atoms with Gasteiger partial charge in [-0.15, -0.1) is 0 Å². The molecule has 0 unspecified atom stereocenters. The lowest BCUT2D eigenvalue weighted by Gasteiger charge is -2.35. The first kappa shape index (κ1) is 23.7. The Balaban J connectivity index is 1.12. The van der Waals surface area contributed by atoms with Crippen LogP contribution in [0.1, 0.15) is 83.9 Å². The number of fused-ring (bicyclic) bond motifs is 2. The van der Waals surface area contributed by atoms with Crippen LogP contribution in [0, 0.1) is 0 Å². The van der Waals surface area contributed by atoms with Gasteiger partial charge in [0.15, 0.2) is 5.69 Å². The highest BCUT2D eigenvalue weighted by Crippen LogP contribution is 2.35. The van der Waals surface area contributed by atoms with E-state index in [9.17, 15) is 9.59 Å². The predicted molar refractivity (Wildman–Crippen MR) is 137 cm³/mol. The lowest BCUT2D eigenvalue weighted by atomic mass is 9.85. The van der Waals surface area contributed by atoms with Gasteiger partial charge >= 0.3 is 0 Å². The van der Waals surface area contributed by atoms with Crippen molar-refractivity contribution in [3.05, 3.63) is 51.8 Å². The average Bonchev–Trinajstić information content (AvgIpc) is 3.61. The second-order valence-corrected chi connectivity index (χ2v) is 11.2. The van der Waals surface area contributed by atoms with E-state index in [-0.39, 0.29) is 30.6 Å². The highest BCUT2D eigenvalue weighted by atomic mass is 16.5. The summed E-state index contributed by atoms with van der Waals surface area (Å²) in [4.78, 5) is 30.6. The second kappa shape index (κ2) is 9.66. The maximum absolute atomic E-state index is 13.4. The monoisotopic (exact) mass is 490 g/mol. The topological polar surface area (TPSA) is 67.7 Å². The fourth-order valence-corrected chi connectivity index (χ4v) is 7.00. The molecule has 1 aromatic heterocycles. The molecule has 0 N–H and O–H groups in total. The minimum atomic E-state index is -0.0162. The van der Waals surface area contributed by atoms with E-state index in [1.54, 1.807) is 5.56 Å². The van der Waals surface area contributed by atoms with E-state index in [1.807, 2.05) is 28.3 Å². The largest absolute Gasteiger partial charge is 0.372 e. The van der Waals surface area contributed by atoms with Crippen LogP contribution in [0.15, 0.2) is 18.2 Å². The molecule has 2 saturated heterocycles. The van der Waals surface area contributed by atoms with Crippen molar-refractivity contribution in [2.75, 3.05) is 26.2 Å². The van der Waals surface area contributed by atoms with E-state index in [0.29, 0.717) is 24.7 Å². The van der Waals surface area contributed by atoms with Crippen molar-refractivity contribution < 1.29 is 14.3 Å². The molecule has 7 nitrogen and oxygen atoms in total. The average molecular weight is 491 g/mol. The van der Waals surface area contributed by atoms with Crippen molar-refractivity contribution in [2.24, 2.45) is 0 Å². The number of aryl methyl sites for hydroxylation is 1. The molecule has 4 aliphatic rings. The van der Waals surface area contributed by atoms with Crippen molar-refractivity contribution in [1.82, 2.24) is 19.6 Å². The number of hydrogen-bond acceptors (Lipinski definition) is 4. The first-order valence-corrected chi connectivity index (χ1v) is 13.9. The second-order valence-electron chi connectivity index (χ2n) is 11.2. The summed E-state index contributed by atoms with van der Waals surface area (Å²) in [6, 6.07) is 6.81. The number of morpholine rings is 1. The van der Waals surface area contributed by atoms with Gasteiger partial charge in [0, 0.05) is 37.4 Å². The van der Waals surface area contributed by atoms with Gasteiger partial charge in [-0.3, -0.25) is 14.3 Å². The molecular formula is C29H38N4O3. The molecule has 7 heteroatoms. The van der Waals surface area contributed by atoms with E-state index >= 15 is 0 Å². The number of hydrogen-bond donors (Lipinski definition) is 0. The number of carbonyl (C=O) groups excluding carboxylic acids is 2. The summed E-state index contributed by atoms with van der Waals surface area (Å²) >= 11 is 0. The van der Waals surface area contributed by atoms with Crippen LogP contribution in [0.3, 0.4) is 0 Å². The Bertz CT molecular complexity index is 1150. The molecule has 36 heavy (non-hydrogen) atoms. The summed E-state index contributed by atoms with van der Waals surface area (Å²) in [5.74, 6) is 0.660. The van der Waals surface area contributed by atoms with Crippen molar-refractivity contribution in [3.63, 3.8) is 0 Å². The van der Waals surface area contributed by atoms with Gasteiger partial charge in [0.2, 0.25) is 5.91 Å². The minimum Gasteiger partial charge on any atom is -0.372 e. The van der Waals surface area contributed by atoms with Crippen LogP contribution in [0.2, 0.25) is 0 Å². The number of nitrogens with zero attached hydrogens (tertiary/aromatic N) is 4. The van der Waals surface area contributed by atoms with Crippen LogP contribution in [0.25, 0.3) is 0 Å². The summed E-state index contributed by atoms with van der Waals surface area (Å²) in [6.07, 6.45) is 8.56. The zero-order valence-corrected chi connectivity index (χ0v) is 21.7. The fourth-order valence-electron chi connectivity index (χ4n) is 7.00. The number of benzene rings is 1. The van der Waals surface area contributed by atoms with E-state index in [0.717, 1.165) is 56.5 Å². The minimum absolute atomic E-state index is 0.0162. The van der Waals surface area contributed by atoms with E-state index in [4.69, 9.17) is 9.84 Å². The SMILES string of the molecule is C[C@@H]1CN(C(=O)c2nn(CC(=O)N3CCC(c4cccc5c4CCC5)CC3)c3c2CCC3)C[C@H](C)O1. The summed E-state index contributed by atoms with van der Waals surface area (Å²) in [6.45, 7) is 7.01. The molecule has 2 atom stereocenters. The van der Waals surface area contributed by atoms with Crippen LogP contribution < -0.4 is 0 Å². The molecule has 2 fully saturated rings. The molecule has 6 rings (SSSR count). The number of rotatable bonds is 4. The van der Waals surface area contributed by atoms with Crippen LogP contribution in [-0.4, -0.2) is 69.8 Å². The molecule has 2 aromatic rings. The van der Waals surface area contributed by atoms with Gasteiger partial charge in [0.05, 0.1) is 12.2 Å². The van der Waals surface area contributed by atoms with Crippen molar-refractivity contribution in [2.45, 2.75) is 89.9 Å². The zero-order valence-electron chi connectivity index (χ0n) is 21.7. The Hall–Kier alpha value is -2.67. The Labute approximate surface area is 213 Å². The third-order valence-corrected chi connectivity index (χ3v) is 8.67.